The molecular formula is C9H9N3S. The molecule has 0 aliphatic heterocycles. The lowest BCUT2D eigenvalue weighted by molar-refractivity contribution is 1.07. The second kappa shape index (κ2) is 4.00. The normalized spacial score (nSPS) is 9.85. The van der Waals surface area contributed by atoms with Crippen molar-refractivity contribution in [3.8, 4) is 0 Å². The number of aromatic nitrogens is 2. The molecule has 0 aliphatic rings. The van der Waals surface area contributed by atoms with E-state index in [4.69, 9.17) is 0 Å². The van der Waals surface area contributed by atoms with Crippen molar-refractivity contribution in [2.24, 2.45) is 0 Å². The van der Waals surface area contributed by atoms with Gasteiger partial charge in [-0.3, -0.25) is 0 Å². The van der Waals surface area contributed by atoms with E-state index in [0.29, 0.717) is 5.95 Å². The highest BCUT2D eigenvalue weighted by molar-refractivity contribution is 7.09. The van der Waals surface area contributed by atoms with E-state index < -0.39 is 0 Å². The first-order chi connectivity index (χ1) is 6.45. The van der Waals surface area contributed by atoms with E-state index in [0.717, 1.165) is 6.54 Å². The largest absolute Gasteiger partial charge is 0.349 e. The minimum absolute atomic E-state index is 0.677. The van der Waals surface area contributed by atoms with Crippen LogP contribution in [0.1, 0.15) is 4.88 Å². The fourth-order valence-electron chi connectivity index (χ4n) is 0.970. The number of nitrogens with zero attached hydrogens (tertiary/aromatic N) is 2. The molecule has 0 aromatic carbocycles. The molecule has 4 heteroatoms. The Morgan fingerprint density at radius 2 is 2.08 bits per heavy atom. The Morgan fingerprint density at radius 1 is 1.23 bits per heavy atom. The molecular weight excluding hydrogens is 182 g/mol. The van der Waals surface area contributed by atoms with Gasteiger partial charge in [-0.05, 0) is 17.5 Å². The lowest BCUT2D eigenvalue weighted by atomic mass is 10.5. The first-order valence-corrected chi connectivity index (χ1v) is 4.86. The Balaban J connectivity index is 1.94. The van der Waals surface area contributed by atoms with Gasteiger partial charge >= 0.3 is 0 Å². The average Bonchev–Trinajstić information content (AvgIpc) is 2.69. The van der Waals surface area contributed by atoms with Crippen LogP contribution in [0.2, 0.25) is 0 Å². The molecule has 0 atom stereocenters. The Bertz CT molecular complexity index is 344. The third-order valence-corrected chi connectivity index (χ3v) is 2.44. The third kappa shape index (κ3) is 2.26. The summed E-state index contributed by atoms with van der Waals surface area (Å²) in [5.41, 5.74) is 0. The lowest BCUT2D eigenvalue weighted by Crippen LogP contribution is -2.00. The minimum Gasteiger partial charge on any atom is -0.349 e. The van der Waals surface area contributed by atoms with Crippen LogP contribution in [-0.4, -0.2) is 9.97 Å². The molecule has 2 heterocycles. The van der Waals surface area contributed by atoms with Crippen LogP contribution in [0.15, 0.2) is 36.0 Å². The zero-order valence-corrected chi connectivity index (χ0v) is 7.79. The van der Waals surface area contributed by atoms with Crippen LogP contribution in [0.25, 0.3) is 0 Å². The van der Waals surface area contributed by atoms with Gasteiger partial charge in [0.25, 0.3) is 0 Å². The van der Waals surface area contributed by atoms with E-state index in [1.807, 2.05) is 6.07 Å². The summed E-state index contributed by atoms with van der Waals surface area (Å²) in [5.74, 6) is 0.677. The number of hydrogen-bond donors (Lipinski definition) is 1. The van der Waals surface area contributed by atoms with Crippen molar-refractivity contribution in [1.29, 1.82) is 0 Å². The van der Waals surface area contributed by atoms with Gasteiger partial charge in [0.05, 0.1) is 6.54 Å². The van der Waals surface area contributed by atoms with E-state index in [1.165, 1.54) is 4.88 Å². The van der Waals surface area contributed by atoms with Crippen LogP contribution >= 0.6 is 11.3 Å². The van der Waals surface area contributed by atoms with Gasteiger partial charge in [0.1, 0.15) is 0 Å². The first kappa shape index (κ1) is 8.19. The molecule has 0 saturated heterocycles. The van der Waals surface area contributed by atoms with Crippen LogP contribution in [0.3, 0.4) is 0 Å². The molecule has 0 aliphatic carbocycles. The van der Waals surface area contributed by atoms with Crippen molar-refractivity contribution in [1.82, 2.24) is 9.97 Å². The highest BCUT2D eigenvalue weighted by atomic mass is 32.1. The molecule has 0 amide bonds. The van der Waals surface area contributed by atoms with Crippen molar-refractivity contribution in [3.05, 3.63) is 40.8 Å². The van der Waals surface area contributed by atoms with Crippen LogP contribution in [0.5, 0.6) is 0 Å². The molecule has 0 bridgehead atoms. The first-order valence-electron chi connectivity index (χ1n) is 3.98. The smallest absolute Gasteiger partial charge is 0.222 e. The maximum atomic E-state index is 4.06. The monoisotopic (exact) mass is 191 g/mol. The lowest BCUT2D eigenvalue weighted by Gasteiger charge is -2.00. The molecule has 3 nitrogen and oxygen atoms in total. The summed E-state index contributed by atoms with van der Waals surface area (Å²) >= 11 is 1.72. The second-order valence-corrected chi connectivity index (χ2v) is 3.54. The van der Waals surface area contributed by atoms with Crippen molar-refractivity contribution >= 4 is 17.3 Å². The van der Waals surface area contributed by atoms with Crippen LogP contribution in [0.4, 0.5) is 5.95 Å². The third-order valence-electron chi connectivity index (χ3n) is 1.57. The molecule has 0 unspecified atom stereocenters. The summed E-state index contributed by atoms with van der Waals surface area (Å²) in [6, 6.07) is 5.92. The average molecular weight is 191 g/mol. The number of anilines is 1. The van der Waals surface area contributed by atoms with Gasteiger partial charge in [-0.2, -0.15) is 0 Å². The topological polar surface area (TPSA) is 37.8 Å². The number of nitrogens with one attached hydrogen (secondary N) is 1. The Hall–Kier alpha value is -1.42. The molecule has 0 radical (unpaired) electrons. The Morgan fingerprint density at radius 3 is 2.77 bits per heavy atom. The summed E-state index contributed by atoms with van der Waals surface area (Å²) in [5, 5.41) is 5.19. The van der Waals surface area contributed by atoms with E-state index in [1.54, 1.807) is 29.8 Å². The zero-order valence-electron chi connectivity index (χ0n) is 6.97. The minimum atomic E-state index is 0.677. The summed E-state index contributed by atoms with van der Waals surface area (Å²) in [6.45, 7) is 0.793. The van der Waals surface area contributed by atoms with E-state index in [2.05, 4.69) is 26.7 Å². The summed E-state index contributed by atoms with van der Waals surface area (Å²) in [6.07, 6.45) is 3.45. The van der Waals surface area contributed by atoms with Crippen LogP contribution < -0.4 is 5.32 Å². The highest BCUT2D eigenvalue weighted by Gasteiger charge is 1.94. The van der Waals surface area contributed by atoms with E-state index in [-0.39, 0.29) is 0 Å². The summed E-state index contributed by atoms with van der Waals surface area (Å²) < 4.78 is 0. The van der Waals surface area contributed by atoms with Crippen molar-refractivity contribution in [3.63, 3.8) is 0 Å². The standard InChI is InChI=1S/C9H9N3S/c1-3-8(13-6-1)7-12-9-10-4-2-5-11-9/h1-6H,7H2,(H,10,11,12). The molecule has 13 heavy (non-hydrogen) atoms. The van der Waals surface area contributed by atoms with Gasteiger partial charge in [-0.15, -0.1) is 11.3 Å². The predicted molar refractivity (Wildman–Crippen MR) is 53.7 cm³/mol. The van der Waals surface area contributed by atoms with Gasteiger partial charge in [-0.25, -0.2) is 9.97 Å². The predicted octanol–water partition coefficient (Wildman–Crippen LogP) is 2.15. The summed E-state index contributed by atoms with van der Waals surface area (Å²) in [7, 11) is 0. The molecule has 0 spiro atoms. The Kier molecular flexibility index (Phi) is 2.52. The van der Waals surface area contributed by atoms with Crippen molar-refractivity contribution < 1.29 is 0 Å². The number of rotatable bonds is 3. The van der Waals surface area contributed by atoms with E-state index >= 15 is 0 Å². The molecule has 0 fully saturated rings. The van der Waals surface area contributed by atoms with Gasteiger partial charge in [0.15, 0.2) is 0 Å². The van der Waals surface area contributed by atoms with E-state index in [9.17, 15) is 0 Å². The van der Waals surface area contributed by atoms with Crippen molar-refractivity contribution in [2.45, 2.75) is 6.54 Å². The maximum absolute atomic E-state index is 4.06. The fourth-order valence-corrected chi connectivity index (χ4v) is 1.61. The molecule has 2 rings (SSSR count). The SMILES string of the molecule is c1cnc(NCc2cccs2)nc1. The van der Waals surface area contributed by atoms with Crippen LogP contribution in [0, 0.1) is 0 Å². The highest BCUT2D eigenvalue weighted by Crippen LogP contribution is 2.09. The molecule has 1 N–H and O–H groups in total. The van der Waals surface area contributed by atoms with Gasteiger partial charge in [0, 0.05) is 17.3 Å². The van der Waals surface area contributed by atoms with Gasteiger partial charge in [0.2, 0.25) is 5.95 Å². The maximum Gasteiger partial charge on any atom is 0.222 e. The molecule has 66 valence electrons. The number of hydrogen-bond acceptors (Lipinski definition) is 4. The number of thiophene rings is 1. The molecule has 0 saturated carbocycles. The Labute approximate surface area is 80.5 Å². The second-order valence-electron chi connectivity index (χ2n) is 2.51. The quantitative estimate of drug-likeness (QED) is 0.807. The fraction of sp³-hybridized carbons (Fsp3) is 0.111. The molecule has 2 aromatic rings. The van der Waals surface area contributed by atoms with Gasteiger partial charge < -0.3 is 5.32 Å². The van der Waals surface area contributed by atoms with Crippen molar-refractivity contribution in [2.75, 3.05) is 5.32 Å². The summed E-state index contributed by atoms with van der Waals surface area (Å²) in [4.78, 5) is 9.41. The van der Waals surface area contributed by atoms with Crippen LogP contribution in [-0.2, 0) is 6.54 Å². The van der Waals surface area contributed by atoms with Gasteiger partial charge in [-0.1, -0.05) is 6.07 Å². The molecule has 2 aromatic heterocycles. The zero-order chi connectivity index (χ0) is 8.93.